The Morgan fingerprint density at radius 1 is 1.10 bits per heavy atom. The van der Waals surface area contributed by atoms with E-state index in [9.17, 15) is 13.2 Å². The molecule has 0 unspecified atom stereocenters. The Morgan fingerprint density at radius 2 is 1.80 bits per heavy atom. The van der Waals surface area contributed by atoms with Crippen molar-refractivity contribution in [3.8, 4) is 5.75 Å². The number of aromatic nitrogens is 1. The summed E-state index contributed by atoms with van der Waals surface area (Å²) in [6.45, 7) is 0.297. The number of anilines is 1. The summed E-state index contributed by atoms with van der Waals surface area (Å²) in [4.78, 5) is 3.69. The highest BCUT2D eigenvalue weighted by atomic mass is 79.9. The Morgan fingerprint density at radius 3 is 2.40 bits per heavy atom. The van der Waals surface area contributed by atoms with Gasteiger partial charge in [-0.1, -0.05) is 29.8 Å². The lowest BCUT2D eigenvalue weighted by Gasteiger charge is -2.12. The molecule has 2 aromatic carbocycles. The van der Waals surface area contributed by atoms with Crippen LogP contribution in [0.4, 0.5) is 19.0 Å². The number of hydrogen-bond donors (Lipinski definition) is 1. The van der Waals surface area contributed by atoms with Crippen LogP contribution in [0.15, 0.2) is 68.8 Å². The lowest BCUT2D eigenvalue weighted by molar-refractivity contribution is -0.137. The van der Waals surface area contributed by atoms with E-state index < -0.39 is 11.7 Å². The minimum Gasteiger partial charge on any atom is -0.486 e. The average molecular weight is 564 g/mol. The van der Waals surface area contributed by atoms with E-state index in [-0.39, 0.29) is 5.82 Å². The molecule has 0 saturated heterocycles. The Balaban J connectivity index is 1.65. The molecule has 0 spiro atoms. The predicted octanol–water partition coefficient (Wildman–Crippen LogP) is 7.30. The lowest BCUT2D eigenvalue weighted by atomic mass is 10.2. The summed E-state index contributed by atoms with van der Waals surface area (Å²) in [5.41, 5.74) is 3.35. The highest BCUT2D eigenvalue weighted by Crippen LogP contribution is 2.35. The van der Waals surface area contributed by atoms with Gasteiger partial charge < -0.3 is 4.74 Å². The van der Waals surface area contributed by atoms with Gasteiger partial charge in [-0.05, 0) is 67.8 Å². The van der Waals surface area contributed by atoms with Crippen molar-refractivity contribution < 1.29 is 17.9 Å². The van der Waals surface area contributed by atoms with E-state index in [2.05, 4.69) is 47.4 Å². The number of hydrogen-bond acceptors (Lipinski definition) is 4. The molecule has 30 heavy (non-hydrogen) atoms. The van der Waals surface area contributed by atoms with Crippen molar-refractivity contribution in [2.75, 3.05) is 5.43 Å². The fourth-order valence-electron chi connectivity index (χ4n) is 2.36. The topological polar surface area (TPSA) is 46.5 Å². The third-order valence-corrected chi connectivity index (χ3v) is 5.38. The minimum absolute atomic E-state index is 0.192. The number of nitrogens with zero attached hydrogens (tertiary/aromatic N) is 2. The van der Waals surface area contributed by atoms with Crippen molar-refractivity contribution in [3.05, 3.63) is 85.4 Å². The SMILES string of the molecule is FC(F)(F)c1ccc(N/N=C\c2cc(Br)c(OCc3ccccc3Cl)c(Br)c2)nc1. The van der Waals surface area contributed by atoms with E-state index in [1.165, 1.54) is 12.3 Å². The van der Waals surface area contributed by atoms with Crippen LogP contribution in [0.1, 0.15) is 16.7 Å². The van der Waals surface area contributed by atoms with Gasteiger partial charge in [0.25, 0.3) is 0 Å². The standard InChI is InChI=1S/C20H13Br2ClF3N3O/c21-15-7-12(9-28-29-18-6-5-14(10-27-18)20(24,25)26)8-16(22)19(15)30-11-13-3-1-2-4-17(13)23/h1-10H,11H2,(H,27,29)/b28-9-. The monoisotopic (exact) mass is 561 g/mol. The second kappa shape index (κ2) is 9.80. The van der Waals surface area contributed by atoms with E-state index in [1.54, 1.807) is 18.2 Å². The van der Waals surface area contributed by atoms with E-state index >= 15 is 0 Å². The first-order valence-corrected chi connectivity index (χ1v) is 10.4. The first-order chi connectivity index (χ1) is 14.2. The van der Waals surface area contributed by atoms with Crippen LogP contribution in [0.25, 0.3) is 0 Å². The largest absolute Gasteiger partial charge is 0.486 e. The van der Waals surface area contributed by atoms with Gasteiger partial charge in [-0.2, -0.15) is 18.3 Å². The smallest absolute Gasteiger partial charge is 0.417 e. The second-order valence-corrected chi connectivity index (χ2v) is 8.11. The Kier molecular flexibility index (Phi) is 7.38. The maximum absolute atomic E-state index is 12.6. The summed E-state index contributed by atoms with van der Waals surface area (Å²) in [6.07, 6.45) is -2.17. The number of benzene rings is 2. The molecular formula is C20H13Br2ClF3N3O. The molecule has 1 N–H and O–H groups in total. The fourth-order valence-corrected chi connectivity index (χ4v) is 4.00. The van der Waals surface area contributed by atoms with E-state index in [1.807, 2.05) is 18.2 Å². The molecule has 4 nitrogen and oxygen atoms in total. The number of halogens is 6. The lowest BCUT2D eigenvalue weighted by Crippen LogP contribution is -2.05. The number of pyridine rings is 1. The highest BCUT2D eigenvalue weighted by molar-refractivity contribution is 9.11. The van der Waals surface area contributed by atoms with E-state index in [0.29, 0.717) is 26.3 Å². The molecule has 0 aliphatic heterocycles. The molecular weight excluding hydrogens is 550 g/mol. The molecule has 0 saturated carbocycles. The summed E-state index contributed by atoms with van der Waals surface area (Å²) in [7, 11) is 0. The van der Waals surface area contributed by atoms with Gasteiger partial charge in [-0.3, -0.25) is 5.43 Å². The number of nitrogens with one attached hydrogen (secondary N) is 1. The number of ether oxygens (including phenoxy) is 1. The van der Waals surface area contributed by atoms with Crippen molar-refractivity contribution in [3.63, 3.8) is 0 Å². The van der Waals surface area contributed by atoms with Crippen molar-refractivity contribution >= 4 is 55.5 Å². The molecule has 10 heteroatoms. The molecule has 0 aliphatic carbocycles. The molecule has 0 radical (unpaired) electrons. The quantitative estimate of drug-likeness (QED) is 0.253. The van der Waals surface area contributed by atoms with Crippen LogP contribution >= 0.6 is 43.5 Å². The maximum Gasteiger partial charge on any atom is 0.417 e. The summed E-state index contributed by atoms with van der Waals surface area (Å²) in [5.74, 6) is 0.793. The molecule has 3 rings (SSSR count). The van der Waals surface area contributed by atoms with Gasteiger partial charge in [0.1, 0.15) is 18.2 Å². The molecule has 1 aromatic heterocycles. The fraction of sp³-hybridized carbons (Fsp3) is 0.100. The molecule has 0 fully saturated rings. The van der Waals surface area contributed by atoms with Gasteiger partial charge in [0.05, 0.1) is 20.7 Å². The van der Waals surface area contributed by atoms with Gasteiger partial charge in [0, 0.05) is 16.8 Å². The zero-order chi connectivity index (χ0) is 21.7. The molecule has 0 atom stereocenters. The van der Waals surface area contributed by atoms with Gasteiger partial charge in [0.15, 0.2) is 0 Å². The highest BCUT2D eigenvalue weighted by Gasteiger charge is 2.30. The third kappa shape index (κ3) is 5.96. The first kappa shape index (κ1) is 22.6. The van der Waals surface area contributed by atoms with Crippen molar-refractivity contribution in [1.29, 1.82) is 0 Å². The van der Waals surface area contributed by atoms with E-state index in [0.717, 1.165) is 23.4 Å². The van der Waals surface area contributed by atoms with E-state index in [4.69, 9.17) is 16.3 Å². The molecule has 156 valence electrons. The van der Waals surface area contributed by atoms with Gasteiger partial charge >= 0.3 is 6.18 Å². The van der Waals surface area contributed by atoms with Crippen LogP contribution < -0.4 is 10.2 Å². The summed E-state index contributed by atoms with van der Waals surface area (Å²) in [6, 6.07) is 13.1. The van der Waals surface area contributed by atoms with Crippen LogP contribution in [0.2, 0.25) is 5.02 Å². The Labute approximate surface area is 192 Å². The normalized spacial score (nSPS) is 11.7. The minimum atomic E-state index is -4.43. The first-order valence-electron chi connectivity index (χ1n) is 8.41. The third-order valence-electron chi connectivity index (χ3n) is 3.83. The molecule has 0 amide bonds. The summed E-state index contributed by atoms with van der Waals surface area (Å²) in [5, 5.41) is 4.62. The average Bonchev–Trinajstić information content (AvgIpc) is 2.68. The number of hydrazone groups is 1. The van der Waals surface area contributed by atoms with Crippen molar-refractivity contribution in [2.45, 2.75) is 12.8 Å². The van der Waals surface area contributed by atoms with Crippen molar-refractivity contribution in [1.82, 2.24) is 4.98 Å². The van der Waals surface area contributed by atoms with Crippen LogP contribution in [0.3, 0.4) is 0 Å². The summed E-state index contributed by atoms with van der Waals surface area (Å²) < 4.78 is 44.9. The Bertz CT molecular complexity index is 1040. The van der Waals surface area contributed by atoms with Crippen LogP contribution in [0.5, 0.6) is 5.75 Å². The second-order valence-electron chi connectivity index (χ2n) is 5.99. The van der Waals surface area contributed by atoms with Crippen LogP contribution in [-0.4, -0.2) is 11.2 Å². The number of rotatable bonds is 6. The van der Waals surface area contributed by atoms with Gasteiger partial charge in [-0.25, -0.2) is 4.98 Å². The van der Waals surface area contributed by atoms with Gasteiger partial charge in [-0.15, -0.1) is 0 Å². The summed E-state index contributed by atoms with van der Waals surface area (Å²) >= 11 is 13.1. The van der Waals surface area contributed by atoms with Crippen LogP contribution in [0, 0.1) is 0 Å². The zero-order valence-electron chi connectivity index (χ0n) is 15.1. The maximum atomic E-state index is 12.6. The Hall–Kier alpha value is -2.10. The molecule has 0 bridgehead atoms. The van der Waals surface area contributed by atoms with Crippen molar-refractivity contribution in [2.24, 2.45) is 5.10 Å². The molecule has 0 aliphatic rings. The van der Waals surface area contributed by atoms with Gasteiger partial charge in [0.2, 0.25) is 0 Å². The van der Waals surface area contributed by atoms with Crippen LogP contribution in [-0.2, 0) is 12.8 Å². The molecule has 1 heterocycles. The number of alkyl halides is 3. The zero-order valence-corrected chi connectivity index (χ0v) is 19.0. The molecule has 3 aromatic rings. The predicted molar refractivity (Wildman–Crippen MR) is 118 cm³/mol.